The number of rotatable bonds is 4. The van der Waals surface area contributed by atoms with Gasteiger partial charge in [0.15, 0.2) is 5.96 Å². The topological polar surface area (TPSA) is 68.9 Å². The van der Waals surface area contributed by atoms with Gasteiger partial charge in [-0.05, 0) is 12.1 Å². The van der Waals surface area contributed by atoms with Gasteiger partial charge in [0.1, 0.15) is 11.5 Å². The Kier molecular flexibility index (Phi) is 5.17. The van der Waals surface area contributed by atoms with Crippen LogP contribution in [0.4, 0.5) is 0 Å². The van der Waals surface area contributed by atoms with Crippen LogP contribution in [0.15, 0.2) is 23.2 Å². The number of hydrogen-bond acceptors (Lipinski definition) is 3. The summed E-state index contributed by atoms with van der Waals surface area (Å²) in [5.41, 5.74) is 6.49. The molecule has 3 N–H and O–H groups in total. The molecule has 0 aliphatic heterocycles. The van der Waals surface area contributed by atoms with Crippen molar-refractivity contribution < 1.29 is 9.47 Å². The summed E-state index contributed by atoms with van der Waals surface area (Å²) < 4.78 is 13.1. The molecule has 1 rings (SSSR count). The van der Waals surface area contributed by atoms with Crippen LogP contribution >= 0.6 is 22.9 Å². The van der Waals surface area contributed by atoms with Crippen LogP contribution in [0.5, 0.6) is 11.5 Å². The largest absolute Gasteiger partial charge is 0.497 e. The highest BCUT2D eigenvalue weighted by molar-refractivity contribution is 14.1. The van der Waals surface area contributed by atoms with E-state index in [0.29, 0.717) is 12.5 Å². The smallest absolute Gasteiger partial charge is 0.197 e. The molecule has 88 valence electrons. The Morgan fingerprint density at radius 2 is 2.19 bits per heavy atom. The van der Waals surface area contributed by atoms with Crippen molar-refractivity contribution in [2.75, 3.05) is 14.2 Å². The van der Waals surface area contributed by atoms with Crippen molar-refractivity contribution >= 4 is 28.8 Å². The van der Waals surface area contributed by atoms with E-state index < -0.39 is 0 Å². The molecule has 0 atom stereocenters. The summed E-state index contributed by atoms with van der Waals surface area (Å²) in [6.45, 7) is 0.467. The van der Waals surface area contributed by atoms with Gasteiger partial charge in [-0.25, -0.2) is 4.99 Å². The quantitative estimate of drug-likeness (QED) is 0.378. The first-order valence-corrected chi connectivity index (χ1v) is 5.66. The van der Waals surface area contributed by atoms with Gasteiger partial charge in [-0.1, -0.05) is 0 Å². The van der Waals surface area contributed by atoms with E-state index in [9.17, 15) is 0 Å². The number of methoxy groups -OCH3 is 2. The third-order valence-electron chi connectivity index (χ3n) is 2.01. The highest BCUT2D eigenvalue weighted by Crippen LogP contribution is 2.24. The van der Waals surface area contributed by atoms with Crippen LogP contribution in [0.2, 0.25) is 0 Å². The van der Waals surface area contributed by atoms with Crippen molar-refractivity contribution in [3.63, 3.8) is 0 Å². The fraction of sp³-hybridized carbons (Fsp3) is 0.300. The molecular weight excluding hydrogens is 321 g/mol. The van der Waals surface area contributed by atoms with Gasteiger partial charge >= 0.3 is 0 Å². The minimum Gasteiger partial charge on any atom is -0.497 e. The molecule has 0 unspecified atom stereocenters. The Bertz CT molecular complexity index is 382. The van der Waals surface area contributed by atoms with Crippen molar-refractivity contribution in [1.29, 1.82) is 0 Å². The molecular formula is C10H14IN3O2. The average Bonchev–Trinajstić information content (AvgIpc) is 2.35. The Labute approximate surface area is 109 Å². The molecule has 0 spiro atoms. The van der Waals surface area contributed by atoms with Crippen LogP contribution in [-0.2, 0) is 6.54 Å². The lowest BCUT2D eigenvalue weighted by Gasteiger charge is -2.08. The van der Waals surface area contributed by atoms with E-state index in [1.165, 1.54) is 0 Å². The number of nitrogens with one attached hydrogen (secondary N) is 1. The van der Waals surface area contributed by atoms with Crippen molar-refractivity contribution in [3.8, 4) is 11.5 Å². The first kappa shape index (κ1) is 12.9. The second-order valence-corrected chi connectivity index (χ2v) is 3.51. The zero-order valence-electron chi connectivity index (χ0n) is 9.16. The van der Waals surface area contributed by atoms with Crippen LogP contribution in [0.25, 0.3) is 0 Å². The van der Waals surface area contributed by atoms with Crippen LogP contribution < -0.4 is 18.7 Å². The van der Waals surface area contributed by atoms with Gasteiger partial charge in [0.05, 0.1) is 43.6 Å². The van der Waals surface area contributed by atoms with Crippen molar-refractivity contribution in [2.24, 2.45) is 10.7 Å². The maximum atomic E-state index is 5.53. The minimum atomic E-state index is 0.387. The van der Waals surface area contributed by atoms with E-state index in [1.807, 2.05) is 41.1 Å². The maximum absolute atomic E-state index is 5.53. The van der Waals surface area contributed by atoms with Crippen LogP contribution in [0.3, 0.4) is 0 Å². The zero-order valence-corrected chi connectivity index (χ0v) is 11.3. The number of benzene rings is 1. The molecule has 0 saturated carbocycles. The Balaban J connectivity index is 2.87. The highest BCUT2D eigenvalue weighted by Gasteiger charge is 2.04. The predicted octanol–water partition coefficient (Wildman–Crippen LogP) is 1.46. The van der Waals surface area contributed by atoms with Gasteiger partial charge in [-0.15, -0.1) is 0 Å². The van der Waals surface area contributed by atoms with Gasteiger partial charge in [0.2, 0.25) is 0 Å². The van der Waals surface area contributed by atoms with Crippen LogP contribution in [0, 0.1) is 0 Å². The minimum absolute atomic E-state index is 0.387. The molecule has 0 aromatic heterocycles. The summed E-state index contributed by atoms with van der Waals surface area (Å²) in [6.07, 6.45) is 0. The number of hydrogen-bond donors (Lipinski definition) is 2. The molecule has 0 amide bonds. The fourth-order valence-corrected chi connectivity index (χ4v) is 1.35. The van der Waals surface area contributed by atoms with Crippen molar-refractivity contribution in [1.82, 2.24) is 3.53 Å². The number of guanidine groups is 1. The molecule has 0 saturated heterocycles. The summed E-state index contributed by atoms with van der Waals surface area (Å²) in [7, 11) is 3.23. The van der Waals surface area contributed by atoms with E-state index in [0.717, 1.165) is 17.1 Å². The van der Waals surface area contributed by atoms with Crippen molar-refractivity contribution in [3.05, 3.63) is 23.8 Å². The molecule has 0 aliphatic rings. The molecule has 0 fully saturated rings. The number of nitrogens with two attached hydrogens (primary N) is 1. The Hall–Kier alpha value is -1.18. The summed E-state index contributed by atoms with van der Waals surface area (Å²) >= 11 is 1.93. The Morgan fingerprint density at radius 1 is 1.44 bits per heavy atom. The second kappa shape index (κ2) is 6.41. The SMILES string of the molecule is COc1ccc(CN=C(N)NI)c(OC)c1. The summed E-state index contributed by atoms with van der Waals surface area (Å²) in [4.78, 5) is 4.13. The normalized spacial score (nSPS) is 11.1. The van der Waals surface area contributed by atoms with Gasteiger partial charge in [0, 0.05) is 11.6 Å². The fourth-order valence-electron chi connectivity index (χ4n) is 1.18. The number of ether oxygens (including phenoxy) is 2. The van der Waals surface area contributed by atoms with Crippen LogP contribution in [0.1, 0.15) is 5.56 Å². The molecule has 16 heavy (non-hydrogen) atoms. The van der Waals surface area contributed by atoms with Crippen molar-refractivity contribution in [2.45, 2.75) is 6.54 Å². The standard InChI is InChI=1S/C10H14IN3O2/c1-15-8-4-3-7(9(5-8)16-2)6-13-10(12)14-11/h3-5H,6H2,1-2H3,(H3,12,13,14). The molecule has 0 heterocycles. The van der Waals surface area contributed by atoms with E-state index in [2.05, 4.69) is 8.52 Å². The first-order valence-electron chi connectivity index (χ1n) is 4.58. The first-order chi connectivity index (χ1) is 7.71. The highest BCUT2D eigenvalue weighted by atomic mass is 127. The van der Waals surface area contributed by atoms with E-state index in [4.69, 9.17) is 15.2 Å². The monoisotopic (exact) mass is 335 g/mol. The van der Waals surface area contributed by atoms with Crippen LogP contribution in [-0.4, -0.2) is 20.2 Å². The molecule has 1 aromatic rings. The van der Waals surface area contributed by atoms with Gasteiger partial charge < -0.3 is 15.2 Å². The third-order valence-corrected chi connectivity index (χ3v) is 2.56. The van der Waals surface area contributed by atoms with E-state index in [-0.39, 0.29) is 0 Å². The summed E-state index contributed by atoms with van der Waals surface area (Å²) in [6, 6.07) is 5.58. The molecule has 0 radical (unpaired) electrons. The lowest BCUT2D eigenvalue weighted by molar-refractivity contribution is 0.391. The maximum Gasteiger partial charge on any atom is 0.197 e. The molecule has 0 bridgehead atoms. The van der Waals surface area contributed by atoms with E-state index >= 15 is 0 Å². The molecule has 6 heteroatoms. The predicted molar refractivity (Wildman–Crippen MR) is 72.0 cm³/mol. The average molecular weight is 335 g/mol. The number of aliphatic imine (C=N–C) groups is 1. The molecule has 0 aliphatic carbocycles. The summed E-state index contributed by atoms with van der Waals surface area (Å²) in [5.74, 6) is 1.88. The zero-order chi connectivity index (χ0) is 12.0. The van der Waals surface area contributed by atoms with E-state index in [1.54, 1.807) is 14.2 Å². The second-order valence-electron chi connectivity index (χ2n) is 2.97. The lowest BCUT2D eigenvalue weighted by Crippen LogP contribution is -2.23. The summed E-state index contributed by atoms with van der Waals surface area (Å²) in [5, 5.41) is 0. The molecule has 5 nitrogen and oxygen atoms in total. The van der Waals surface area contributed by atoms with Gasteiger partial charge in [-0.3, -0.25) is 3.53 Å². The number of halogens is 1. The Morgan fingerprint density at radius 3 is 2.75 bits per heavy atom. The van der Waals surface area contributed by atoms with Gasteiger partial charge in [0.25, 0.3) is 0 Å². The molecule has 1 aromatic carbocycles. The third kappa shape index (κ3) is 3.44. The van der Waals surface area contributed by atoms with Gasteiger partial charge in [-0.2, -0.15) is 0 Å². The number of nitrogens with zero attached hydrogens (tertiary/aromatic N) is 1. The lowest BCUT2D eigenvalue weighted by atomic mass is 10.2.